The minimum Gasteiger partial charge on any atom is -0.472 e. The highest BCUT2D eigenvalue weighted by Crippen LogP contribution is 2.12. The van der Waals surface area contributed by atoms with Crippen LogP contribution in [0.25, 0.3) is 0 Å². The zero-order valence-corrected chi connectivity index (χ0v) is 9.94. The molecule has 0 bridgehead atoms. The van der Waals surface area contributed by atoms with Gasteiger partial charge in [0.1, 0.15) is 0 Å². The molecule has 0 radical (unpaired) electrons. The number of rotatable bonds is 5. The van der Waals surface area contributed by atoms with Gasteiger partial charge in [-0.25, -0.2) is 0 Å². The fraction of sp³-hybridized carbons (Fsp3) is 0.300. The summed E-state index contributed by atoms with van der Waals surface area (Å²) in [5, 5.41) is 3.10. The fourth-order valence-corrected chi connectivity index (χ4v) is 1.33. The Morgan fingerprint density at radius 1 is 1.41 bits per heavy atom. The molecule has 0 saturated carbocycles. The maximum atomic E-state index is 5.75. The number of halogens is 1. The van der Waals surface area contributed by atoms with Crippen LogP contribution in [-0.2, 0) is 6.54 Å². The van der Waals surface area contributed by atoms with E-state index in [2.05, 4.69) is 20.3 Å². The SMILES string of the molecule is CCOc1nc(Cl)nc(NCc2ccoc2)n1. The Morgan fingerprint density at radius 3 is 3.00 bits per heavy atom. The molecule has 7 heteroatoms. The summed E-state index contributed by atoms with van der Waals surface area (Å²) in [6.07, 6.45) is 3.24. The third-order valence-corrected chi connectivity index (χ3v) is 2.06. The van der Waals surface area contributed by atoms with Crippen LogP contribution in [0.1, 0.15) is 12.5 Å². The van der Waals surface area contributed by atoms with Crippen molar-refractivity contribution >= 4 is 17.5 Å². The van der Waals surface area contributed by atoms with Crippen LogP contribution < -0.4 is 10.1 Å². The number of hydrogen-bond acceptors (Lipinski definition) is 6. The van der Waals surface area contributed by atoms with Crippen LogP contribution in [0.5, 0.6) is 6.01 Å². The number of furan rings is 1. The molecule has 0 unspecified atom stereocenters. The van der Waals surface area contributed by atoms with Crippen LogP contribution >= 0.6 is 11.6 Å². The maximum Gasteiger partial charge on any atom is 0.322 e. The zero-order valence-electron chi connectivity index (χ0n) is 9.18. The van der Waals surface area contributed by atoms with Gasteiger partial charge in [0.05, 0.1) is 19.1 Å². The average Bonchev–Trinajstić information content (AvgIpc) is 2.79. The molecule has 0 aliphatic heterocycles. The first-order chi connectivity index (χ1) is 8.28. The minimum absolute atomic E-state index is 0.0955. The van der Waals surface area contributed by atoms with E-state index in [-0.39, 0.29) is 11.3 Å². The highest BCUT2D eigenvalue weighted by molar-refractivity contribution is 6.28. The molecule has 6 nitrogen and oxygen atoms in total. The second-order valence-electron chi connectivity index (χ2n) is 3.13. The first kappa shape index (κ1) is 11.7. The molecule has 0 atom stereocenters. The van der Waals surface area contributed by atoms with Gasteiger partial charge < -0.3 is 14.5 Å². The Hall–Kier alpha value is -1.82. The van der Waals surface area contributed by atoms with Gasteiger partial charge in [-0.05, 0) is 24.6 Å². The predicted octanol–water partition coefficient (Wildman–Crippen LogP) is 2.13. The van der Waals surface area contributed by atoms with Crippen LogP contribution in [0.3, 0.4) is 0 Å². The van der Waals surface area contributed by atoms with Crippen molar-refractivity contribution in [3.8, 4) is 6.01 Å². The normalized spacial score (nSPS) is 10.2. The van der Waals surface area contributed by atoms with Gasteiger partial charge in [0.25, 0.3) is 0 Å². The minimum atomic E-state index is 0.0955. The first-order valence-corrected chi connectivity index (χ1v) is 5.45. The molecule has 0 fully saturated rings. The summed E-state index contributed by atoms with van der Waals surface area (Å²) in [7, 11) is 0. The van der Waals surface area contributed by atoms with Gasteiger partial charge in [-0.15, -0.1) is 0 Å². The molecule has 0 aliphatic carbocycles. The van der Waals surface area contributed by atoms with E-state index in [1.807, 2.05) is 13.0 Å². The molecule has 17 heavy (non-hydrogen) atoms. The van der Waals surface area contributed by atoms with Crippen molar-refractivity contribution in [2.75, 3.05) is 11.9 Å². The Labute approximate surface area is 103 Å². The molecule has 0 amide bonds. The molecule has 1 N–H and O–H groups in total. The third kappa shape index (κ3) is 3.32. The molecule has 2 rings (SSSR count). The van der Waals surface area contributed by atoms with E-state index < -0.39 is 0 Å². The second kappa shape index (κ2) is 5.49. The number of nitrogens with one attached hydrogen (secondary N) is 1. The average molecular weight is 255 g/mol. The predicted molar refractivity (Wildman–Crippen MR) is 62.0 cm³/mol. The van der Waals surface area contributed by atoms with Gasteiger partial charge in [0, 0.05) is 12.1 Å². The highest BCUT2D eigenvalue weighted by Gasteiger charge is 2.05. The van der Waals surface area contributed by atoms with Gasteiger partial charge in [0.2, 0.25) is 11.2 Å². The molecule has 2 aromatic heterocycles. The molecule has 0 spiro atoms. The van der Waals surface area contributed by atoms with E-state index in [4.69, 9.17) is 20.8 Å². The van der Waals surface area contributed by atoms with E-state index in [0.29, 0.717) is 19.1 Å². The van der Waals surface area contributed by atoms with Gasteiger partial charge in [-0.2, -0.15) is 15.0 Å². The van der Waals surface area contributed by atoms with Gasteiger partial charge in [-0.3, -0.25) is 0 Å². The quantitative estimate of drug-likeness (QED) is 0.881. The summed E-state index contributed by atoms with van der Waals surface area (Å²) >= 11 is 5.75. The molecule has 0 aliphatic rings. The van der Waals surface area contributed by atoms with E-state index in [1.165, 1.54) is 0 Å². The van der Waals surface area contributed by atoms with Crippen LogP contribution in [0.4, 0.5) is 5.95 Å². The van der Waals surface area contributed by atoms with Gasteiger partial charge in [0.15, 0.2) is 0 Å². The monoisotopic (exact) mass is 254 g/mol. The molecular formula is C10H11ClN4O2. The maximum absolute atomic E-state index is 5.75. The van der Waals surface area contributed by atoms with Gasteiger partial charge in [-0.1, -0.05) is 0 Å². The number of ether oxygens (including phenoxy) is 1. The molecule has 0 aromatic carbocycles. The standard InChI is InChI=1S/C10H11ClN4O2/c1-2-17-10-14-8(11)13-9(15-10)12-5-7-3-4-16-6-7/h3-4,6H,2,5H2,1H3,(H,12,13,14,15). The van der Waals surface area contributed by atoms with Crippen LogP contribution in [0, 0.1) is 0 Å². The van der Waals surface area contributed by atoms with Crippen molar-refractivity contribution < 1.29 is 9.15 Å². The number of anilines is 1. The summed E-state index contributed by atoms with van der Waals surface area (Å²) in [5.41, 5.74) is 0.986. The largest absolute Gasteiger partial charge is 0.472 e. The lowest BCUT2D eigenvalue weighted by atomic mass is 10.3. The van der Waals surface area contributed by atoms with Gasteiger partial charge >= 0.3 is 6.01 Å². The van der Waals surface area contributed by atoms with Crippen molar-refractivity contribution in [1.29, 1.82) is 0 Å². The van der Waals surface area contributed by atoms with Crippen LogP contribution in [0.2, 0.25) is 5.28 Å². The number of nitrogens with zero attached hydrogens (tertiary/aromatic N) is 3. The first-order valence-electron chi connectivity index (χ1n) is 5.07. The molecule has 2 heterocycles. The molecule has 90 valence electrons. The van der Waals surface area contributed by atoms with Crippen molar-refractivity contribution in [2.45, 2.75) is 13.5 Å². The zero-order chi connectivity index (χ0) is 12.1. The Kier molecular flexibility index (Phi) is 3.77. The Bertz CT molecular complexity index is 475. The van der Waals surface area contributed by atoms with Crippen LogP contribution in [-0.4, -0.2) is 21.6 Å². The summed E-state index contributed by atoms with van der Waals surface area (Å²) in [4.78, 5) is 11.8. The van der Waals surface area contributed by atoms with Crippen LogP contribution in [0.15, 0.2) is 23.0 Å². The topological polar surface area (TPSA) is 73.1 Å². The summed E-state index contributed by atoms with van der Waals surface area (Å²) < 4.78 is 10.1. The van der Waals surface area contributed by atoms with E-state index >= 15 is 0 Å². The molecular weight excluding hydrogens is 244 g/mol. The number of aromatic nitrogens is 3. The van der Waals surface area contributed by atoms with Crippen molar-refractivity contribution in [2.24, 2.45) is 0 Å². The lowest BCUT2D eigenvalue weighted by Gasteiger charge is -2.05. The van der Waals surface area contributed by atoms with Crippen molar-refractivity contribution in [3.05, 3.63) is 29.4 Å². The molecule has 0 saturated heterocycles. The van der Waals surface area contributed by atoms with E-state index in [9.17, 15) is 0 Å². The number of hydrogen-bond donors (Lipinski definition) is 1. The Balaban J connectivity index is 2.04. The smallest absolute Gasteiger partial charge is 0.322 e. The summed E-state index contributed by atoms with van der Waals surface area (Å²) in [6.45, 7) is 2.86. The van der Waals surface area contributed by atoms with E-state index in [1.54, 1.807) is 12.5 Å². The van der Waals surface area contributed by atoms with Crippen molar-refractivity contribution in [1.82, 2.24) is 15.0 Å². The lowest BCUT2D eigenvalue weighted by molar-refractivity contribution is 0.312. The fourth-order valence-electron chi connectivity index (χ4n) is 1.18. The lowest BCUT2D eigenvalue weighted by Crippen LogP contribution is -2.06. The highest BCUT2D eigenvalue weighted by atomic mass is 35.5. The summed E-state index contributed by atoms with van der Waals surface area (Å²) in [5.74, 6) is 0.370. The third-order valence-electron chi connectivity index (χ3n) is 1.89. The van der Waals surface area contributed by atoms with Crippen molar-refractivity contribution in [3.63, 3.8) is 0 Å². The molecule has 2 aromatic rings. The van der Waals surface area contributed by atoms with E-state index in [0.717, 1.165) is 5.56 Å². The summed E-state index contributed by atoms with van der Waals surface area (Å²) in [6, 6.07) is 2.06. The second-order valence-corrected chi connectivity index (χ2v) is 3.47. The Morgan fingerprint density at radius 2 is 2.29 bits per heavy atom.